The van der Waals surface area contributed by atoms with Gasteiger partial charge >= 0.3 is 0 Å². The lowest BCUT2D eigenvalue weighted by molar-refractivity contribution is 0.590. The molecule has 0 fully saturated rings. The van der Waals surface area contributed by atoms with E-state index in [-0.39, 0.29) is 5.92 Å². The van der Waals surface area contributed by atoms with Crippen LogP contribution in [0.3, 0.4) is 0 Å². The molecule has 0 heteroatoms. The molecule has 0 amide bonds. The highest BCUT2D eigenvalue weighted by atomic mass is 14.2. The van der Waals surface area contributed by atoms with Gasteiger partial charge in [0.25, 0.3) is 0 Å². The summed E-state index contributed by atoms with van der Waals surface area (Å²) in [5, 5.41) is 2.80. The molecule has 1 atom stereocenters. The van der Waals surface area contributed by atoms with E-state index in [2.05, 4.69) is 64.3 Å². The standard InChI is InChI=1S/C21H28/c1-6-7-9-17-12-13-19-18(14-17)10-8-11-20(19)21(15(2)3)16(4)5/h8,10-11,13-14,17,21H,2,4,6-7,9,12H2,1,3,5H3. The minimum absolute atomic E-state index is 0.275. The number of allylic oxidation sites excluding steroid dienone is 2. The Morgan fingerprint density at radius 3 is 2.57 bits per heavy atom. The van der Waals surface area contributed by atoms with Crippen molar-refractivity contribution in [2.75, 3.05) is 0 Å². The molecule has 0 bridgehead atoms. The second kappa shape index (κ2) is 6.93. The molecule has 1 unspecified atom stereocenters. The minimum atomic E-state index is 0.275. The van der Waals surface area contributed by atoms with Crippen LogP contribution in [0.15, 0.2) is 42.5 Å². The minimum Gasteiger partial charge on any atom is -0.0992 e. The SMILES string of the molecule is C=C(C)C(C(=C)C)c1cccc2c1=CCC(CCCC)C=2. The summed E-state index contributed by atoms with van der Waals surface area (Å²) >= 11 is 0. The van der Waals surface area contributed by atoms with Gasteiger partial charge < -0.3 is 0 Å². The summed E-state index contributed by atoms with van der Waals surface area (Å²) in [5.74, 6) is 0.984. The highest BCUT2D eigenvalue weighted by Gasteiger charge is 2.16. The molecule has 21 heavy (non-hydrogen) atoms. The fourth-order valence-electron chi connectivity index (χ4n) is 3.44. The molecule has 0 spiro atoms. The Bertz CT molecular complexity index is 631. The van der Waals surface area contributed by atoms with Gasteiger partial charge in [-0.1, -0.05) is 74.4 Å². The number of hydrogen-bond acceptors (Lipinski definition) is 0. The zero-order valence-electron chi connectivity index (χ0n) is 13.8. The van der Waals surface area contributed by atoms with Gasteiger partial charge in [0.1, 0.15) is 0 Å². The molecule has 0 nitrogen and oxygen atoms in total. The van der Waals surface area contributed by atoms with Crippen LogP contribution in [0, 0.1) is 5.92 Å². The Hall–Kier alpha value is -1.56. The summed E-state index contributed by atoms with van der Waals surface area (Å²) in [4.78, 5) is 0. The molecule has 1 aliphatic rings. The predicted molar refractivity (Wildman–Crippen MR) is 94.6 cm³/mol. The van der Waals surface area contributed by atoms with Crippen molar-refractivity contribution in [1.29, 1.82) is 0 Å². The highest BCUT2D eigenvalue weighted by Crippen LogP contribution is 2.27. The Kier molecular flexibility index (Phi) is 5.22. The smallest absolute Gasteiger partial charge is 0.0253 e. The maximum absolute atomic E-state index is 4.17. The second-order valence-electron chi connectivity index (χ2n) is 6.48. The Balaban J connectivity index is 2.46. The van der Waals surface area contributed by atoms with Crippen molar-refractivity contribution in [2.24, 2.45) is 5.92 Å². The van der Waals surface area contributed by atoms with E-state index >= 15 is 0 Å². The van der Waals surface area contributed by atoms with Gasteiger partial charge in [-0.25, -0.2) is 0 Å². The van der Waals surface area contributed by atoms with Crippen LogP contribution in [0.4, 0.5) is 0 Å². The maximum atomic E-state index is 4.17. The lowest BCUT2D eigenvalue weighted by atomic mass is 9.83. The summed E-state index contributed by atoms with van der Waals surface area (Å²) < 4.78 is 0. The molecule has 0 N–H and O–H groups in total. The summed E-state index contributed by atoms with van der Waals surface area (Å²) in [6, 6.07) is 6.67. The molecular weight excluding hydrogens is 252 g/mol. The van der Waals surface area contributed by atoms with Gasteiger partial charge in [0, 0.05) is 5.92 Å². The van der Waals surface area contributed by atoms with Crippen molar-refractivity contribution in [1.82, 2.24) is 0 Å². The average molecular weight is 280 g/mol. The van der Waals surface area contributed by atoms with Crippen molar-refractivity contribution in [3.05, 3.63) is 58.5 Å². The molecule has 0 saturated carbocycles. The molecule has 0 aromatic heterocycles. The van der Waals surface area contributed by atoms with Gasteiger partial charge in [0.15, 0.2) is 0 Å². The van der Waals surface area contributed by atoms with E-state index in [1.807, 2.05) is 0 Å². The monoisotopic (exact) mass is 280 g/mol. The third-order valence-corrected chi connectivity index (χ3v) is 4.44. The topological polar surface area (TPSA) is 0 Å². The summed E-state index contributed by atoms with van der Waals surface area (Å²) in [6.07, 6.45) is 9.99. The summed E-state index contributed by atoms with van der Waals surface area (Å²) in [7, 11) is 0. The third-order valence-electron chi connectivity index (χ3n) is 4.44. The lowest BCUT2D eigenvalue weighted by Crippen LogP contribution is -2.33. The molecule has 1 aromatic carbocycles. The van der Waals surface area contributed by atoms with Gasteiger partial charge in [-0.3, -0.25) is 0 Å². The van der Waals surface area contributed by atoms with E-state index in [1.165, 1.54) is 52.8 Å². The van der Waals surface area contributed by atoms with Crippen molar-refractivity contribution in [3.8, 4) is 0 Å². The zero-order valence-corrected chi connectivity index (χ0v) is 13.8. The molecule has 0 heterocycles. The van der Waals surface area contributed by atoms with E-state index in [4.69, 9.17) is 0 Å². The molecule has 2 rings (SSSR count). The quantitative estimate of drug-likeness (QED) is 0.663. The van der Waals surface area contributed by atoms with Crippen LogP contribution in [0.5, 0.6) is 0 Å². The van der Waals surface area contributed by atoms with Crippen LogP contribution in [0.1, 0.15) is 57.9 Å². The number of fused-ring (bicyclic) bond motifs is 1. The number of unbranched alkanes of at least 4 members (excludes halogenated alkanes) is 1. The normalized spacial score (nSPS) is 16.9. The van der Waals surface area contributed by atoms with Crippen LogP contribution < -0.4 is 10.4 Å². The van der Waals surface area contributed by atoms with Gasteiger partial charge in [0.2, 0.25) is 0 Å². The van der Waals surface area contributed by atoms with Crippen molar-refractivity contribution < 1.29 is 0 Å². The molecule has 1 aromatic rings. The number of rotatable bonds is 6. The molecule has 0 aliphatic heterocycles. The van der Waals surface area contributed by atoms with Crippen LogP contribution >= 0.6 is 0 Å². The first-order chi connectivity index (χ1) is 10.0. The summed E-state index contributed by atoms with van der Waals surface area (Å²) in [6.45, 7) is 14.8. The van der Waals surface area contributed by atoms with E-state index in [1.54, 1.807) is 0 Å². The zero-order chi connectivity index (χ0) is 15.4. The van der Waals surface area contributed by atoms with Crippen LogP contribution in [0.25, 0.3) is 12.2 Å². The van der Waals surface area contributed by atoms with Gasteiger partial charge in [-0.05, 0) is 48.6 Å². The first kappa shape index (κ1) is 15.8. The lowest BCUT2D eigenvalue weighted by Gasteiger charge is -2.21. The maximum Gasteiger partial charge on any atom is 0.0253 e. The largest absolute Gasteiger partial charge is 0.0992 e. The summed E-state index contributed by atoms with van der Waals surface area (Å²) in [5.41, 5.74) is 3.73. The molecule has 0 saturated heterocycles. The average Bonchev–Trinajstić information content (AvgIpc) is 2.44. The van der Waals surface area contributed by atoms with E-state index in [0.29, 0.717) is 5.92 Å². The predicted octanol–water partition coefficient (Wildman–Crippen LogP) is 4.69. The van der Waals surface area contributed by atoms with Gasteiger partial charge in [-0.15, -0.1) is 0 Å². The Morgan fingerprint density at radius 1 is 1.24 bits per heavy atom. The molecule has 0 radical (unpaired) electrons. The molecular formula is C21H28. The molecule has 1 aliphatic carbocycles. The third kappa shape index (κ3) is 3.56. The van der Waals surface area contributed by atoms with Gasteiger partial charge in [0.05, 0.1) is 0 Å². The second-order valence-corrected chi connectivity index (χ2v) is 6.48. The van der Waals surface area contributed by atoms with Crippen molar-refractivity contribution >= 4 is 12.2 Å². The Labute approximate surface area is 129 Å². The fraction of sp³-hybridized carbons (Fsp3) is 0.429. The fourth-order valence-corrected chi connectivity index (χ4v) is 3.44. The Morgan fingerprint density at radius 2 is 1.95 bits per heavy atom. The van der Waals surface area contributed by atoms with Gasteiger partial charge in [-0.2, -0.15) is 0 Å². The van der Waals surface area contributed by atoms with E-state index in [0.717, 1.165) is 0 Å². The van der Waals surface area contributed by atoms with Crippen LogP contribution in [-0.4, -0.2) is 0 Å². The van der Waals surface area contributed by atoms with Crippen LogP contribution in [-0.2, 0) is 0 Å². The first-order valence-corrected chi connectivity index (χ1v) is 8.16. The van der Waals surface area contributed by atoms with Crippen molar-refractivity contribution in [2.45, 2.75) is 52.4 Å². The van der Waals surface area contributed by atoms with E-state index in [9.17, 15) is 0 Å². The van der Waals surface area contributed by atoms with Crippen LogP contribution in [0.2, 0.25) is 0 Å². The van der Waals surface area contributed by atoms with Crippen molar-refractivity contribution in [3.63, 3.8) is 0 Å². The first-order valence-electron chi connectivity index (χ1n) is 8.16. The van der Waals surface area contributed by atoms with E-state index < -0.39 is 0 Å². The number of hydrogen-bond donors (Lipinski definition) is 0. The number of benzene rings is 1. The highest BCUT2D eigenvalue weighted by molar-refractivity contribution is 5.47. The molecule has 112 valence electrons.